The molecule has 1 heterocycles. The molecule has 1 aliphatic heterocycles. The molecule has 0 radical (unpaired) electrons. The first kappa shape index (κ1) is 21.0. The van der Waals surface area contributed by atoms with Crippen molar-refractivity contribution in [3.05, 3.63) is 57.5 Å². The van der Waals surface area contributed by atoms with Crippen molar-refractivity contribution < 1.29 is 27.6 Å². The van der Waals surface area contributed by atoms with E-state index in [4.69, 9.17) is 11.6 Å². The highest BCUT2D eigenvalue weighted by atomic mass is 79.9. The van der Waals surface area contributed by atoms with Gasteiger partial charge in [0.1, 0.15) is 0 Å². The molecule has 0 unspecified atom stereocenters. The summed E-state index contributed by atoms with van der Waals surface area (Å²) < 4.78 is 39.5. The van der Waals surface area contributed by atoms with E-state index in [1.807, 2.05) is 5.32 Å². The molecule has 1 N–H and O–H groups in total. The van der Waals surface area contributed by atoms with Gasteiger partial charge < -0.3 is 0 Å². The van der Waals surface area contributed by atoms with Gasteiger partial charge in [-0.25, -0.2) is 9.69 Å². The highest BCUT2D eigenvalue weighted by Gasteiger charge is 2.41. The molecule has 1 aliphatic rings. The van der Waals surface area contributed by atoms with E-state index in [0.717, 1.165) is 24.4 Å². The highest BCUT2D eigenvalue weighted by molar-refractivity contribution is 9.10. The van der Waals surface area contributed by atoms with Gasteiger partial charge in [-0.2, -0.15) is 13.2 Å². The smallest absolute Gasteiger partial charge is 0.276 e. The molecular formula is C18H10BrClF3N3O3. The predicted octanol–water partition coefficient (Wildman–Crippen LogP) is 4.72. The number of nitrogens with zero attached hydrogens (tertiary/aromatic N) is 2. The molecule has 150 valence electrons. The fourth-order valence-corrected chi connectivity index (χ4v) is 3.25. The number of hydrogen-bond acceptors (Lipinski definition) is 4. The molecule has 2 aromatic carbocycles. The summed E-state index contributed by atoms with van der Waals surface area (Å²) in [4.78, 5) is 41.4. The van der Waals surface area contributed by atoms with Crippen LogP contribution in [-0.2, 0) is 15.8 Å². The average molecular weight is 489 g/mol. The zero-order chi connectivity index (χ0) is 21.3. The van der Waals surface area contributed by atoms with Gasteiger partial charge in [0.15, 0.2) is 5.92 Å². The number of benzene rings is 2. The first-order valence-electron chi connectivity index (χ1n) is 7.93. The molecule has 0 saturated carbocycles. The summed E-state index contributed by atoms with van der Waals surface area (Å²) in [7, 11) is 0. The molecule has 11 heteroatoms. The van der Waals surface area contributed by atoms with E-state index < -0.39 is 35.5 Å². The minimum absolute atomic E-state index is 0.241. The number of imide groups is 2. The van der Waals surface area contributed by atoms with E-state index in [1.54, 1.807) is 12.1 Å². The summed E-state index contributed by atoms with van der Waals surface area (Å²) in [6.45, 7) is 0. The number of anilines is 1. The lowest BCUT2D eigenvalue weighted by Gasteiger charge is -2.28. The summed E-state index contributed by atoms with van der Waals surface area (Å²) in [5.74, 6) is -3.50. The third-order valence-electron chi connectivity index (χ3n) is 3.91. The maximum Gasteiger partial charge on any atom is 0.416 e. The zero-order valence-electron chi connectivity index (χ0n) is 14.2. The van der Waals surface area contributed by atoms with E-state index in [2.05, 4.69) is 20.9 Å². The van der Waals surface area contributed by atoms with Crippen molar-refractivity contribution in [1.29, 1.82) is 0 Å². The number of hydrogen-bond donors (Lipinski definition) is 1. The zero-order valence-corrected chi connectivity index (χ0v) is 16.5. The van der Waals surface area contributed by atoms with E-state index in [-0.39, 0.29) is 16.4 Å². The van der Waals surface area contributed by atoms with Crippen LogP contribution in [-0.4, -0.2) is 24.1 Å². The normalized spacial score (nSPS) is 17.8. The fourth-order valence-electron chi connectivity index (χ4n) is 2.53. The molecule has 2 aromatic rings. The quantitative estimate of drug-likeness (QED) is 0.501. The number of rotatable bonds is 3. The minimum Gasteiger partial charge on any atom is -0.276 e. The first-order valence-corrected chi connectivity index (χ1v) is 9.10. The Bertz CT molecular complexity index is 1040. The predicted molar refractivity (Wildman–Crippen MR) is 103 cm³/mol. The van der Waals surface area contributed by atoms with E-state index in [9.17, 15) is 27.6 Å². The topological polar surface area (TPSA) is 78.8 Å². The lowest BCUT2D eigenvalue weighted by Crippen LogP contribution is -2.58. The molecule has 29 heavy (non-hydrogen) atoms. The molecule has 0 aliphatic carbocycles. The Kier molecular flexibility index (Phi) is 5.76. The molecular weight excluding hydrogens is 479 g/mol. The van der Waals surface area contributed by atoms with Gasteiger partial charge in [0.05, 0.1) is 22.0 Å². The molecule has 6 nitrogen and oxygen atoms in total. The largest absolute Gasteiger partial charge is 0.416 e. The van der Waals surface area contributed by atoms with Gasteiger partial charge in [-0.15, -0.1) is 0 Å². The van der Waals surface area contributed by atoms with Crippen molar-refractivity contribution in [2.45, 2.75) is 6.18 Å². The van der Waals surface area contributed by atoms with E-state index in [1.165, 1.54) is 6.07 Å². The number of alkyl halides is 3. The van der Waals surface area contributed by atoms with Crippen LogP contribution in [0.3, 0.4) is 0 Å². The average Bonchev–Trinajstić information content (AvgIpc) is 2.62. The SMILES string of the molecule is O=C1NC(=O)N(c2cccc(C(F)(F)F)c2)C(=O)[C@H]1C=Nc1ccc(Br)cc1Cl. The Morgan fingerprint density at radius 2 is 1.86 bits per heavy atom. The maximum absolute atomic E-state index is 12.9. The second-order valence-corrected chi connectivity index (χ2v) is 7.19. The van der Waals surface area contributed by atoms with Crippen molar-refractivity contribution in [1.82, 2.24) is 5.32 Å². The summed E-state index contributed by atoms with van der Waals surface area (Å²) in [5, 5.41) is 2.18. The third kappa shape index (κ3) is 4.48. The molecule has 1 atom stereocenters. The Hall–Kier alpha value is -2.72. The van der Waals surface area contributed by atoms with Gasteiger partial charge >= 0.3 is 12.2 Å². The van der Waals surface area contributed by atoms with Crippen molar-refractivity contribution in [2.24, 2.45) is 10.9 Å². The second kappa shape index (κ2) is 7.96. The van der Waals surface area contributed by atoms with Gasteiger partial charge in [0.2, 0.25) is 5.91 Å². The minimum atomic E-state index is -4.67. The number of aliphatic imine (C=N–C) groups is 1. The highest BCUT2D eigenvalue weighted by Crippen LogP contribution is 2.33. The summed E-state index contributed by atoms with van der Waals surface area (Å²) >= 11 is 9.25. The first-order chi connectivity index (χ1) is 13.6. The number of amides is 4. The number of urea groups is 1. The lowest BCUT2D eigenvalue weighted by molar-refractivity contribution is -0.138. The third-order valence-corrected chi connectivity index (χ3v) is 4.70. The van der Waals surface area contributed by atoms with Crippen LogP contribution in [0, 0.1) is 5.92 Å². The molecule has 0 aromatic heterocycles. The monoisotopic (exact) mass is 487 g/mol. The number of halogens is 5. The molecule has 3 rings (SSSR count). The van der Waals surface area contributed by atoms with E-state index >= 15 is 0 Å². The van der Waals surface area contributed by atoms with Crippen molar-refractivity contribution in [3.8, 4) is 0 Å². The Labute approximate surface area is 175 Å². The van der Waals surface area contributed by atoms with Gasteiger partial charge in [-0.3, -0.25) is 19.9 Å². The van der Waals surface area contributed by atoms with Crippen LogP contribution in [0.15, 0.2) is 51.9 Å². The number of nitrogens with one attached hydrogen (secondary N) is 1. The summed E-state index contributed by atoms with van der Waals surface area (Å²) in [5.41, 5.74) is -1.10. The van der Waals surface area contributed by atoms with Gasteiger partial charge in [-0.1, -0.05) is 33.6 Å². The summed E-state index contributed by atoms with van der Waals surface area (Å²) in [6, 6.07) is 7.23. The molecule has 0 bridgehead atoms. The standard InChI is InChI=1S/C18H10BrClF3N3O3/c19-10-4-5-14(13(20)7-10)24-8-12-15(27)25-17(29)26(16(12)28)11-3-1-2-9(6-11)18(21,22)23/h1-8,12H,(H,25,27,29)/t12-/m0/s1. The molecule has 4 amide bonds. The van der Waals surface area contributed by atoms with Gasteiger partial charge in [0, 0.05) is 10.7 Å². The maximum atomic E-state index is 12.9. The Balaban J connectivity index is 1.93. The molecule has 1 saturated heterocycles. The van der Waals surface area contributed by atoms with Crippen LogP contribution < -0.4 is 10.2 Å². The van der Waals surface area contributed by atoms with Crippen LogP contribution >= 0.6 is 27.5 Å². The number of carbonyl (C=O) groups excluding carboxylic acids is 3. The van der Waals surface area contributed by atoms with Crippen LogP contribution in [0.5, 0.6) is 0 Å². The molecule has 1 fully saturated rings. The van der Waals surface area contributed by atoms with Crippen molar-refractivity contribution in [2.75, 3.05) is 4.90 Å². The van der Waals surface area contributed by atoms with Crippen LogP contribution in [0.2, 0.25) is 5.02 Å². The fraction of sp³-hybridized carbons (Fsp3) is 0.111. The second-order valence-electron chi connectivity index (χ2n) is 5.87. The Morgan fingerprint density at radius 1 is 1.14 bits per heavy atom. The van der Waals surface area contributed by atoms with E-state index in [0.29, 0.717) is 15.4 Å². The van der Waals surface area contributed by atoms with Crippen LogP contribution in [0.4, 0.5) is 29.3 Å². The lowest BCUT2D eigenvalue weighted by atomic mass is 10.1. The molecule has 0 spiro atoms. The van der Waals surface area contributed by atoms with Crippen LogP contribution in [0.1, 0.15) is 5.56 Å². The summed E-state index contributed by atoms with van der Waals surface area (Å²) in [6.07, 6.45) is -3.68. The van der Waals surface area contributed by atoms with Crippen molar-refractivity contribution in [3.63, 3.8) is 0 Å². The van der Waals surface area contributed by atoms with Crippen molar-refractivity contribution >= 4 is 63.0 Å². The Morgan fingerprint density at radius 3 is 2.52 bits per heavy atom. The number of carbonyl (C=O) groups is 3. The van der Waals surface area contributed by atoms with Crippen LogP contribution in [0.25, 0.3) is 0 Å². The van der Waals surface area contributed by atoms with Gasteiger partial charge in [0.25, 0.3) is 5.91 Å². The van der Waals surface area contributed by atoms with Gasteiger partial charge in [-0.05, 0) is 36.4 Å². The number of barbiturate groups is 1.